The first kappa shape index (κ1) is 13.5. The predicted octanol–water partition coefficient (Wildman–Crippen LogP) is 3.30. The average Bonchev–Trinajstić information content (AvgIpc) is 2.27. The molecule has 1 unspecified atom stereocenters. The molecule has 0 amide bonds. The van der Waals surface area contributed by atoms with Crippen molar-refractivity contribution in [1.29, 1.82) is 0 Å². The second kappa shape index (κ2) is 6.92. The molecule has 0 saturated carbocycles. The molecule has 0 fully saturated rings. The molecule has 1 atom stereocenters. The largest absolute Gasteiger partial charge is 0.496 e. The fourth-order valence-electron chi connectivity index (χ4n) is 1.60. The summed E-state index contributed by atoms with van der Waals surface area (Å²) in [4.78, 5) is 2.89. The summed E-state index contributed by atoms with van der Waals surface area (Å²) < 4.78 is 5.34. The SMILES string of the molecule is COc1ccccc1CN(C)CCC(C)Br. The Morgan fingerprint density at radius 1 is 1.38 bits per heavy atom. The van der Waals surface area contributed by atoms with Gasteiger partial charge in [0.05, 0.1) is 7.11 Å². The van der Waals surface area contributed by atoms with Gasteiger partial charge in [-0.3, -0.25) is 0 Å². The van der Waals surface area contributed by atoms with Crippen LogP contribution in [0, 0.1) is 0 Å². The Morgan fingerprint density at radius 2 is 2.06 bits per heavy atom. The summed E-state index contributed by atoms with van der Waals surface area (Å²) in [5, 5.41) is 0. The van der Waals surface area contributed by atoms with E-state index in [4.69, 9.17) is 4.74 Å². The molecule has 0 aliphatic heterocycles. The number of ether oxygens (including phenoxy) is 1. The quantitative estimate of drug-likeness (QED) is 0.744. The monoisotopic (exact) mass is 285 g/mol. The van der Waals surface area contributed by atoms with E-state index >= 15 is 0 Å². The molecule has 0 heterocycles. The molecule has 0 aromatic heterocycles. The number of benzene rings is 1. The van der Waals surface area contributed by atoms with Gasteiger partial charge in [-0.2, -0.15) is 0 Å². The lowest BCUT2D eigenvalue weighted by Gasteiger charge is -2.18. The lowest BCUT2D eigenvalue weighted by Crippen LogP contribution is -2.21. The van der Waals surface area contributed by atoms with Gasteiger partial charge in [0.2, 0.25) is 0 Å². The molecule has 0 spiro atoms. The maximum Gasteiger partial charge on any atom is 0.123 e. The van der Waals surface area contributed by atoms with Crippen LogP contribution in [0.2, 0.25) is 0 Å². The van der Waals surface area contributed by atoms with Crippen LogP contribution in [0.3, 0.4) is 0 Å². The van der Waals surface area contributed by atoms with Crippen molar-refractivity contribution in [3.63, 3.8) is 0 Å². The van der Waals surface area contributed by atoms with Gasteiger partial charge in [0.1, 0.15) is 5.75 Å². The van der Waals surface area contributed by atoms with E-state index < -0.39 is 0 Å². The fraction of sp³-hybridized carbons (Fsp3) is 0.538. The number of hydrogen-bond donors (Lipinski definition) is 0. The van der Waals surface area contributed by atoms with Gasteiger partial charge in [-0.25, -0.2) is 0 Å². The minimum atomic E-state index is 0.576. The molecule has 0 aliphatic carbocycles. The summed E-state index contributed by atoms with van der Waals surface area (Å²) in [6.45, 7) is 4.20. The van der Waals surface area contributed by atoms with Crippen molar-refractivity contribution in [3.05, 3.63) is 29.8 Å². The Hall–Kier alpha value is -0.540. The van der Waals surface area contributed by atoms with E-state index in [-0.39, 0.29) is 0 Å². The molecule has 1 aromatic rings. The van der Waals surface area contributed by atoms with Crippen molar-refractivity contribution < 1.29 is 4.74 Å². The molecular weight excluding hydrogens is 266 g/mol. The number of nitrogens with zero attached hydrogens (tertiary/aromatic N) is 1. The predicted molar refractivity (Wildman–Crippen MR) is 72.3 cm³/mol. The molecule has 0 N–H and O–H groups in total. The van der Waals surface area contributed by atoms with Crippen LogP contribution >= 0.6 is 15.9 Å². The normalized spacial score (nSPS) is 12.8. The second-order valence-corrected chi connectivity index (χ2v) is 5.68. The van der Waals surface area contributed by atoms with Gasteiger partial charge in [0.25, 0.3) is 0 Å². The summed E-state index contributed by atoms with van der Waals surface area (Å²) >= 11 is 3.57. The summed E-state index contributed by atoms with van der Waals surface area (Å²) in [7, 11) is 3.86. The number of hydrogen-bond acceptors (Lipinski definition) is 2. The van der Waals surface area contributed by atoms with Gasteiger partial charge in [-0.15, -0.1) is 0 Å². The smallest absolute Gasteiger partial charge is 0.123 e. The number of halogens is 1. The van der Waals surface area contributed by atoms with Crippen molar-refractivity contribution in [1.82, 2.24) is 4.90 Å². The summed E-state index contributed by atoms with van der Waals surface area (Å²) in [6, 6.07) is 8.19. The zero-order valence-corrected chi connectivity index (χ0v) is 11.8. The van der Waals surface area contributed by atoms with E-state index in [0.717, 1.165) is 25.3 Å². The summed E-state index contributed by atoms with van der Waals surface area (Å²) in [5.74, 6) is 0.973. The first-order valence-electron chi connectivity index (χ1n) is 5.58. The molecule has 1 rings (SSSR count). The maximum atomic E-state index is 5.34. The third-order valence-electron chi connectivity index (χ3n) is 2.54. The van der Waals surface area contributed by atoms with E-state index in [2.05, 4.69) is 46.9 Å². The number of alkyl halides is 1. The van der Waals surface area contributed by atoms with E-state index in [1.807, 2.05) is 12.1 Å². The van der Waals surface area contributed by atoms with Crippen LogP contribution in [0.25, 0.3) is 0 Å². The Bertz CT molecular complexity index is 315. The Morgan fingerprint density at radius 3 is 2.69 bits per heavy atom. The van der Waals surface area contributed by atoms with E-state index in [1.54, 1.807) is 7.11 Å². The van der Waals surface area contributed by atoms with Crippen LogP contribution in [-0.4, -0.2) is 30.4 Å². The topological polar surface area (TPSA) is 12.5 Å². The molecule has 90 valence electrons. The van der Waals surface area contributed by atoms with E-state index in [9.17, 15) is 0 Å². The fourth-order valence-corrected chi connectivity index (χ4v) is 1.81. The minimum Gasteiger partial charge on any atom is -0.496 e. The van der Waals surface area contributed by atoms with E-state index in [1.165, 1.54) is 5.56 Å². The van der Waals surface area contributed by atoms with Crippen LogP contribution in [0.4, 0.5) is 0 Å². The average molecular weight is 286 g/mol. The van der Waals surface area contributed by atoms with Crippen molar-refractivity contribution in [2.75, 3.05) is 20.7 Å². The van der Waals surface area contributed by atoms with Crippen molar-refractivity contribution >= 4 is 15.9 Å². The highest BCUT2D eigenvalue weighted by Gasteiger charge is 2.06. The van der Waals surface area contributed by atoms with Crippen LogP contribution in [0.15, 0.2) is 24.3 Å². The van der Waals surface area contributed by atoms with Crippen molar-refractivity contribution in [3.8, 4) is 5.75 Å². The van der Waals surface area contributed by atoms with Crippen LogP contribution in [0.5, 0.6) is 5.75 Å². The van der Waals surface area contributed by atoms with Crippen molar-refractivity contribution in [2.24, 2.45) is 0 Å². The molecule has 1 aromatic carbocycles. The minimum absolute atomic E-state index is 0.576. The molecule has 3 heteroatoms. The van der Waals surface area contributed by atoms with Crippen LogP contribution < -0.4 is 4.74 Å². The van der Waals surface area contributed by atoms with Gasteiger partial charge in [-0.1, -0.05) is 41.1 Å². The Kier molecular flexibility index (Phi) is 5.85. The van der Waals surface area contributed by atoms with Gasteiger partial charge < -0.3 is 9.64 Å². The van der Waals surface area contributed by atoms with Crippen LogP contribution in [0.1, 0.15) is 18.9 Å². The Labute approximate surface area is 107 Å². The molecule has 0 radical (unpaired) electrons. The van der Waals surface area contributed by atoms with Crippen molar-refractivity contribution in [2.45, 2.75) is 24.7 Å². The van der Waals surface area contributed by atoms with E-state index in [0.29, 0.717) is 4.83 Å². The van der Waals surface area contributed by atoms with Gasteiger partial charge in [-0.05, 0) is 26.1 Å². The summed E-state index contributed by atoms with van der Waals surface area (Å²) in [5.41, 5.74) is 1.25. The third kappa shape index (κ3) is 4.54. The first-order valence-corrected chi connectivity index (χ1v) is 6.49. The zero-order valence-electron chi connectivity index (χ0n) is 10.2. The molecule has 0 saturated heterocycles. The van der Waals surface area contributed by atoms with Gasteiger partial charge in [0, 0.05) is 16.9 Å². The van der Waals surface area contributed by atoms with Gasteiger partial charge in [0.15, 0.2) is 0 Å². The molecule has 16 heavy (non-hydrogen) atoms. The Balaban J connectivity index is 2.51. The first-order chi connectivity index (χ1) is 7.63. The lowest BCUT2D eigenvalue weighted by molar-refractivity contribution is 0.314. The lowest BCUT2D eigenvalue weighted by atomic mass is 10.2. The standard InChI is InChI=1S/C13H20BrNO/c1-11(14)8-9-15(2)10-12-6-4-5-7-13(12)16-3/h4-7,11H,8-10H2,1-3H3. The molecule has 2 nitrogen and oxygen atoms in total. The zero-order chi connectivity index (χ0) is 12.0. The molecular formula is C13H20BrNO. The highest BCUT2D eigenvalue weighted by Crippen LogP contribution is 2.19. The van der Waals surface area contributed by atoms with Gasteiger partial charge >= 0.3 is 0 Å². The third-order valence-corrected chi connectivity index (χ3v) is 3.00. The number of rotatable bonds is 6. The number of para-hydroxylation sites is 1. The summed E-state index contributed by atoms with van der Waals surface area (Å²) in [6.07, 6.45) is 1.16. The molecule has 0 aliphatic rings. The molecule has 0 bridgehead atoms. The second-order valence-electron chi connectivity index (χ2n) is 4.12. The highest BCUT2D eigenvalue weighted by molar-refractivity contribution is 9.09. The maximum absolute atomic E-state index is 5.34. The number of methoxy groups -OCH3 is 1. The van der Waals surface area contributed by atoms with Crippen LogP contribution in [-0.2, 0) is 6.54 Å². The highest BCUT2D eigenvalue weighted by atomic mass is 79.9.